The highest BCUT2D eigenvalue weighted by molar-refractivity contribution is 5.98. The molecule has 0 aliphatic carbocycles. The van der Waals surface area contributed by atoms with Crippen LogP contribution >= 0.6 is 0 Å². The van der Waals surface area contributed by atoms with Crippen LogP contribution in [0.4, 0.5) is 5.69 Å². The number of unbranched alkanes of at least 4 members (excludes halogenated alkanes) is 5. The molecule has 0 saturated carbocycles. The summed E-state index contributed by atoms with van der Waals surface area (Å²) in [5, 5.41) is 0. The number of benzene rings is 3. The lowest BCUT2D eigenvalue weighted by molar-refractivity contribution is -0.697. The fourth-order valence-electron chi connectivity index (χ4n) is 5.41. The Morgan fingerprint density at radius 1 is 0.735 bits per heavy atom. The van der Waals surface area contributed by atoms with Crippen molar-refractivity contribution in [3.8, 4) is 11.5 Å². The topological polar surface area (TPSA) is 59.7 Å². The average Bonchev–Trinajstić information content (AvgIpc) is 3.11. The van der Waals surface area contributed by atoms with Crippen LogP contribution in [0.2, 0.25) is 0 Å². The maximum atomic E-state index is 13.1. The number of hydrogen-bond donors (Lipinski definition) is 0. The molecular formula is C42H55BrN2O4. The minimum Gasteiger partial charge on any atom is -1.00 e. The lowest BCUT2D eigenvalue weighted by Crippen LogP contribution is -3.00. The standard InChI is InChI=1S/C40H49N2O4.C2H6.BrH/c1-6-7-8-9-10-11-12-32-13-15-34(16-14-32)40(44)46-39-22-19-35(30(2)31(39)3)29-38(43)33-17-20-37(21-18-33)45-28-27-42-25-23-36(24-26-42)41(4)5;1-2;/h13-26H,6-12,27-29H2,1-5H3;1-2H3;1H/q+1;;/p-1. The Morgan fingerprint density at radius 2 is 1.35 bits per heavy atom. The molecule has 0 amide bonds. The van der Waals surface area contributed by atoms with Gasteiger partial charge in [0.05, 0.1) is 5.56 Å². The van der Waals surface area contributed by atoms with Gasteiger partial charge in [0.1, 0.15) is 18.1 Å². The number of ketones is 1. The summed E-state index contributed by atoms with van der Waals surface area (Å²) in [7, 11) is 4.04. The van der Waals surface area contributed by atoms with Gasteiger partial charge in [-0.15, -0.1) is 0 Å². The molecule has 4 aromatic rings. The molecule has 0 fully saturated rings. The Labute approximate surface area is 305 Å². The van der Waals surface area contributed by atoms with Crippen LogP contribution in [0.25, 0.3) is 0 Å². The summed E-state index contributed by atoms with van der Waals surface area (Å²) >= 11 is 0. The van der Waals surface area contributed by atoms with Crippen LogP contribution in [-0.4, -0.2) is 32.5 Å². The van der Waals surface area contributed by atoms with Gasteiger partial charge in [0, 0.05) is 43.9 Å². The lowest BCUT2D eigenvalue weighted by Gasteiger charge is -2.14. The van der Waals surface area contributed by atoms with Crippen molar-refractivity contribution in [2.24, 2.45) is 0 Å². The third kappa shape index (κ3) is 13.1. The summed E-state index contributed by atoms with van der Waals surface area (Å²) in [6.07, 6.45) is 13.0. The Kier molecular flexibility index (Phi) is 18.4. The van der Waals surface area contributed by atoms with Gasteiger partial charge in [-0.05, 0) is 91.4 Å². The van der Waals surface area contributed by atoms with E-state index in [4.69, 9.17) is 9.47 Å². The largest absolute Gasteiger partial charge is 1.00 e. The number of halogens is 1. The zero-order chi connectivity index (χ0) is 34.9. The highest BCUT2D eigenvalue weighted by Gasteiger charge is 2.16. The van der Waals surface area contributed by atoms with Crippen LogP contribution in [0, 0.1) is 13.8 Å². The molecule has 6 nitrogen and oxygen atoms in total. The number of esters is 1. The van der Waals surface area contributed by atoms with Gasteiger partial charge in [-0.3, -0.25) is 4.79 Å². The molecule has 0 unspecified atom stereocenters. The quantitative estimate of drug-likeness (QED) is 0.0419. The van der Waals surface area contributed by atoms with Crippen molar-refractivity contribution in [1.82, 2.24) is 0 Å². The molecular weight excluding hydrogens is 676 g/mol. The van der Waals surface area contributed by atoms with E-state index in [9.17, 15) is 9.59 Å². The van der Waals surface area contributed by atoms with Crippen LogP contribution in [-0.2, 0) is 19.4 Å². The number of aryl methyl sites for hydroxylation is 1. The predicted octanol–water partition coefficient (Wildman–Crippen LogP) is 6.31. The number of hydrogen-bond acceptors (Lipinski definition) is 5. The first-order valence-electron chi connectivity index (χ1n) is 17.6. The monoisotopic (exact) mass is 730 g/mol. The first-order chi connectivity index (χ1) is 23.2. The van der Waals surface area contributed by atoms with Crippen LogP contribution in [0.5, 0.6) is 11.5 Å². The molecule has 0 radical (unpaired) electrons. The molecule has 7 heteroatoms. The Bertz CT molecular complexity index is 1570. The molecule has 0 saturated heterocycles. The first-order valence-corrected chi connectivity index (χ1v) is 17.6. The predicted molar refractivity (Wildman–Crippen MR) is 197 cm³/mol. The Morgan fingerprint density at radius 3 is 1.98 bits per heavy atom. The maximum Gasteiger partial charge on any atom is 0.343 e. The zero-order valence-electron chi connectivity index (χ0n) is 30.6. The van der Waals surface area contributed by atoms with Crippen molar-refractivity contribution < 1.29 is 40.6 Å². The zero-order valence-corrected chi connectivity index (χ0v) is 32.1. The van der Waals surface area contributed by atoms with Crippen molar-refractivity contribution in [2.45, 2.75) is 92.5 Å². The normalized spacial score (nSPS) is 10.3. The summed E-state index contributed by atoms with van der Waals surface area (Å²) in [6.45, 7) is 11.4. The third-order valence-electron chi connectivity index (χ3n) is 8.60. The van der Waals surface area contributed by atoms with E-state index < -0.39 is 0 Å². The van der Waals surface area contributed by atoms with E-state index in [-0.39, 0.29) is 35.2 Å². The molecule has 1 heterocycles. The molecule has 0 bridgehead atoms. The van der Waals surface area contributed by atoms with E-state index in [2.05, 4.69) is 28.5 Å². The number of Topliss-reactive ketones (excluding diaryl/α,β-unsaturated/α-hetero) is 1. The van der Waals surface area contributed by atoms with Gasteiger partial charge in [-0.25, -0.2) is 9.36 Å². The second-order valence-electron chi connectivity index (χ2n) is 12.2. The molecule has 0 aliphatic heterocycles. The van der Waals surface area contributed by atoms with Gasteiger partial charge in [0.2, 0.25) is 0 Å². The molecule has 3 aromatic carbocycles. The van der Waals surface area contributed by atoms with Crippen molar-refractivity contribution in [2.75, 3.05) is 25.6 Å². The summed E-state index contributed by atoms with van der Waals surface area (Å²) in [5.41, 5.74) is 6.29. The number of ether oxygens (including phenoxy) is 2. The van der Waals surface area contributed by atoms with Crippen LogP contribution in [0.3, 0.4) is 0 Å². The number of carbonyl (C=O) groups is 2. The van der Waals surface area contributed by atoms with Crippen molar-refractivity contribution in [1.29, 1.82) is 0 Å². The van der Waals surface area contributed by atoms with Crippen molar-refractivity contribution in [3.05, 3.63) is 119 Å². The highest BCUT2D eigenvalue weighted by Crippen LogP contribution is 2.27. The van der Waals surface area contributed by atoms with E-state index in [1.807, 2.05) is 109 Å². The van der Waals surface area contributed by atoms with Crippen LogP contribution in [0.15, 0.2) is 85.2 Å². The number of aromatic nitrogens is 1. The molecule has 4 rings (SSSR count). The van der Waals surface area contributed by atoms with Crippen molar-refractivity contribution >= 4 is 17.4 Å². The summed E-state index contributed by atoms with van der Waals surface area (Å²) in [5.74, 6) is 0.896. The maximum absolute atomic E-state index is 13.1. The summed E-state index contributed by atoms with van der Waals surface area (Å²) < 4.78 is 13.8. The third-order valence-corrected chi connectivity index (χ3v) is 8.60. The summed E-state index contributed by atoms with van der Waals surface area (Å²) in [6, 6.07) is 22.9. The number of rotatable bonds is 17. The number of carbonyl (C=O) groups excluding carboxylic acids is 2. The van der Waals surface area contributed by atoms with E-state index >= 15 is 0 Å². The van der Waals surface area contributed by atoms with E-state index in [0.717, 1.165) is 41.1 Å². The Hall–Kier alpha value is -3.97. The fourth-order valence-corrected chi connectivity index (χ4v) is 5.41. The van der Waals surface area contributed by atoms with E-state index in [1.165, 1.54) is 44.1 Å². The smallest absolute Gasteiger partial charge is 0.343 e. The van der Waals surface area contributed by atoms with Gasteiger partial charge >= 0.3 is 5.97 Å². The minimum absolute atomic E-state index is 0. The van der Waals surface area contributed by atoms with E-state index in [1.54, 1.807) is 6.07 Å². The number of pyridine rings is 1. The Balaban J connectivity index is 0.00000273. The molecule has 0 aliphatic rings. The second kappa shape index (κ2) is 21.9. The van der Waals surface area contributed by atoms with Crippen molar-refractivity contribution in [3.63, 3.8) is 0 Å². The average molecular weight is 732 g/mol. The molecule has 0 N–H and O–H groups in total. The van der Waals surface area contributed by atoms with Crippen LogP contribution < -0.4 is 35.9 Å². The fraction of sp³-hybridized carbons (Fsp3) is 0.405. The molecule has 49 heavy (non-hydrogen) atoms. The molecule has 264 valence electrons. The molecule has 0 spiro atoms. The molecule has 0 atom stereocenters. The van der Waals surface area contributed by atoms with Gasteiger partial charge in [-0.2, -0.15) is 0 Å². The number of anilines is 1. The van der Waals surface area contributed by atoms with Gasteiger partial charge in [-0.1, -0.05) is 71.1 Å². The first kappa shape index (κ1) is 41.2. The van der Waals surface area contributed by atoms with E-state index in [0.29, 0.717) is 23.5 Å². The summed E-state index contributed by atoms with van der Waals surface area (Å²) in [4.78, 5) is 28.1. The van der Waals surface area contributed by atoms with Crippen LogP contribution in [0.1, 0.15) is 102 Å². The lowest BCUT2D eigenvalue weighted by atomic mass is 9.96. The van der Waals surface area contributed by atoms with Gasteiger partial charge in [0.15, 0.2) is 24.7 Å². The highest BCUT2D eigenvalue weighted by atomic mass is 79.9. The SMILES string of the molecule is CC.CCCCCCCCc1ccc(C(=O)Oc2ccc(CC(=O)c3ccc(OCC[n+]4ccc(N(C)C)cc4)cc3)c(C)c2C)cc1.[Br-]. The minimum atomic E-state index is -0.374. The van der Waals surface area contributed by atoms with Gasteiger partial charge < -0.3 is 31.4 Å². The molecule has 1 aromatic heterocycles. The van der Waals surface area contributed by atoms with Gasteiger partial charge in [0.25, 0.3) is 0 Å². The number of nitrogens with zero attached hydrogens (tertiary/aromatic N) is 2. The second-order valence-corrected chi connectivity index (χ2v) is 12.2.